The van der Waals surface area contributed by atoms with Crippen LogP contribution in [-0.2, 0) is 4.79 Å². The second-order valence-corrected chi connectivity index (χ2v) is 8.11. The summed E-state index contributed by atoms with van der Waals surface area (Å²) >= 11 is 3.08. The number of carbonyl (C=O) groups is 1. The number of anilines is 1. The Bertz CT molecular complexity index is 915. The number of rotatable bonds is 4. The van der Waals surface area contributed by atoms with Crippen LogP contribution in [0.3, 0.4) is 0 Å². The summed E-state index contributed by atoms with van der Waals surface area (Å²) < 4.78 is 1.12. The first kappa shape index (κ1) is 17.0. The number of hydrogen-bond acceptors (Lipinski definition) is 4. The number of thioether (sulfide) groups is 1. The van der Waals surface area contributed by atoms with E-state index in [2.05, 4.69) is 68.3 Å². The second kappa shape index (κ2) is 6.95. The van der Waals surface area contributed by atoms with Gasteiger partial charge in [-0.2, -0.15) is 0 Å². The number of thiazole rings is 1. The Morgan fingerprint density at radius 2 is 1.88 bits per heavy atom. The van der Waals surface area contributed by atoms with Crippen LogP contribution in [0.1, 0.15) is 22.3 Å². The van der Waals surface area contributed by atoms with Crippen molar-refractivity contribution in [3.8, 4) is 0 Å². The fraction of sp³-hybridized carbons (Fsp3) is 0.263. The summed E-state index contributed by atoms with van der Waals surface area (Å²) in [5, 5.41) is 3.59. The van der Waals surface area contributed by atoms with Gasteiger partial charge in [-0.15, -0.1) is 11.8 Å². The van der Waals surface area contributed by atoms with Crippen molar-refractivity contribution in [2.75, 3.05) is 11.1 Å². The Labute approximate surface area is 150 Å². The maximum Gasteiger partial charge on any atom is 0.236 e. The largest absolute Gasteiger partial charge is 0.301 e. The van der Waals surface area contributed by atoms with Crippen LogP contribution < -0.4 is 5.32 Å². The van der Waals surface area contributed by atoms with Gasteiger partial charge in [-0.25, -0.2) is 4.98 Å². The quantitative estimate of drug-likeness (QED) is 0.648. The lowest BCUT2D eigenvalue weighted by Crippen LogP contribution is -2.13. The predicted molar refractivity (Wildman–Crippen MR) is 104 cm³/mol. The number of carbonyl (C=O) groups excluding carboxylic acids is 1. The van der Waals surface area contributed by atoms with Crippen molar-refractivity contribution in [3.63, 3.8) is 0 Å². The smallest absolute Gasteiger partial charge is 0.236 e. The van der Waals surface area contributed by atoms with Gasteiger partial charge in [-0.1, -0.05) is 23.5 Å². The lowest BCUT2D eigenvalue weighted by Gasteiger charge is -2.05. The van der Waals surface area contributed by atoms with E-state index in [0.717, 1.165) is 20.7 Å². The summed E-state index contributed by atoms with van der Waals surface area (Å²) in [6, 6.07) is 10.5. The van der Waals surface area contributed by atoms with Crippen LogP contribution in [0, 0.1) is 27.7 Å². The molecule has 3 rings (SSSR count). The van der Waals surface area contributed by atoms with Gasteiger partial charge in [0.1, 0.15) is 0 Å². The molecule has 3 nitrogen and oxygen atoms in total. The molecule has 5 heteroatoms. The maximum atomic E-state index is 12.2. The number of hydrogen-bond donors (Lipinski definition) is 1. The molecule has 0 aliphatic rings. The normalized spacial score (nSPS) is 11.0. The minimum Gasteiger partial charge on any atom is -0.301 e. The van der Waals surface area contributed by atoms with Crippen LogP contribution in [0.15, 0.2) is 35.2 Å². The Morgan fingerprint density at radius 3 is 2.62 bits per heavy atom. The van der Waals surface area contributed by atoms with E-state index in [1.807, 2.05) is 0 Å². The zero-order valence-corrected chi connectivity index (χ0v) is 15.9. The molecule has 0 aliphatic heterocycles. The molecule has 1 aromatic heterocycles. The van der Waals surface area contributed by atoms with Crippen molar-refractivity contribution < 1.29 is 4.79 Å². The SMILES string of the molecule is Cc1cc(C)c2nc(NC(=O)CSc3ccc(C)c(C)c3)sc2c1. The summed E-state index contributed by atoms with van der Waals surface area (Å²) in [6.07, 6.45) is 0. The van der Waals surface area contributed by atoms with Crippen LogP contribution in [0.5, 0.6) is 0 Å². The topological polar surface area (TPSA) is 42.0 Å². The molecule has 0 unspecified atom stereocenters. The first-order valence-electron chi connectivity index (χ1n) is 7.80. The number of amides is 1. The van der Waals surface area contributed by atoms with Crippen molar-refractivity contribution in [3.05, 3.63) is 52.6 Å². The molecular formula is C19H20N2OS2. The average Bonchev–Trinajstić information content (AvgIpc) is 2.91. The van der Waals surface area contributed by atoms with E-state index >= 15 is 0 Å². The predicted octanol–water partition coefficient (Wildman–Crippen LogP) is 5.26. The van der Waals surface area contributed by atoms with Crippen molar-refractivity contribution in [2.45, 2.75) is 32.6 Å². The van der Waals surface area contributed by atoms with Gasteiger partial charge < -0.3 is 5.32 Å². The van der Waals surface area contributed by atoms with Crippen molar-refractivity contribution in [1.29, 1.82) is 0 Å². The average molecular weight is 357 g/mol. The van der Waals surface area contributed by atoms with Crippen LogP contribution in [0.4, 0.5) is 5.13 Å². The van der Waals surface area contributed by atoms with Gasteiger partial charge in [-0.3, -0.25) is 4.79 Å². The van der Waals surface area contributed by atoms with Gasteiger partial charge in [-0.05, 0) is 68.1 Å². The molecule has 0 atom stereocenters. The molecule has 124 valence electrons. The number of aromatic nitrogens is 1. The number of benzene rings is 2. The molecular weight excluding hydrogens is 336 g/mol. The van der Waals surface area contributed by atoms with Gasteiger partial charge in [0.2, 0.25) is 5.91 Å². The Kier molecular flexibility index (Phi) is 4.92. The molecule has 1 heterocycles. The molecule has 0 spiro atoms. The summed E-state index contributed by atoms with van der Waals surface area (Å²) in [7, 11) is 0. The Morgan fingerprint density at radius 1 is 1.08 bits per heavy atom. The second-order valence-electron chi connectivity index (χ2n) is 6.03. The third kappa shape index (κ3) is 3.79. The Balaban J connectivity index is 1.66. The van der Waals surface area contributed by atoms with Crippen molar-refractivity contribution >= 4 is 44.4 Å². The molecule has 1 amide bonds. The monoisotopic (exact) mass is 356 g/mol. The summed E-state index contributed by atoms with van der Waals surface area (Å²) in [5.41, 5.74) is 5.85. The van der Waals surface area contributed by atoms with E-state index in [9.17, 15) is 4.79 Å². The highest BCUT2D eigenvalue weighted by Gasteiger charge is 2.10. The van der Waals surface area contributed by atoms with Gasteiger partial charge in [0.05, 0.1) is 16.0 Å². The highest BCUT2D eigenvalue weighted by Crippen LogP contribution is 2.29. The Hall–Kier alpha value is -1.85. The first-order valence-corrected chi connectivity index (χ1v) is 9.60. The van der Waals surface area contributed by atoms with Crippen molar-refractivity contribution in [2.24, 2.45) is 0 Å². The van der Waals surface area contributed by atoms with Gasteiger partial charge in [0.25, 0.3) is 0 Å². The van der Waals surface area contributed by atoms with E-state index in [-0.39, 0.29) is 5.91 Å². The zero-order valence-electron chi connectivity index (χ0n) is 14.3. The molecule has 0 radical (unpaired) electrons. The highest BCUT2D eigenvalue weighted by atomic mass is 32.2. The van der Waals surface area contributed by atoms with E-state index in [4.69, 9.17) is 0 Å². The van der Waals surface area contributed by atoms with Crippen LogP contribution in [-0.4, -0.2) is 16.6 Å². The van der Waals surface area contributed by atoms with Crippen molar-refractivity contribution in [1.82, 2.24) is 4.98 Å². The number of fused-ring (bicyclic) bond motifs is 1. The molecule has 2 aromatic carbocycles. The molecule has 0 fully saturated rings. The third-order valence-electron chi connectivity index (χ3n) is 3.92. The highest BCUT2D eigenvalue weighted by molar-refractivity contribution is 8.00. The van der Waals surface area contributed by atoms with E-state index < -0.39 is 0 Å². The van der Waals surface area contributed by atoms with E-state index in [1.165, 1.54) is 28.0 Å². The van der Waals surface area contributed by atoms with Gasteiger partial charge in [0.15, 0.2) is 5.13 Å². The van der Waals surface area contributed by atoms with E-state index in [1.54, 1.807) is 11.8 Å². The molecule has 1 N–H and O–H groups in total. The fourth-order valence-electron chi connectivity index (χ4n) is 2.53. The number of nitrogens with one attached hydrogen (secondary N) is 1. The zero-order chi connectivity index (χ0) is 17.3. The first-order chi connectivity index (χ1) is 11.4. The lowest BCUT2D eigenvalue weighted by molar-refractivity contribution is -0.113. The number of nitrogens with zero attached hydrogens (tertiary/aromatic N) is 1. The fourth-order valence-corrected chi connectivity index (χ4v) is 4.38. The summed E-state index contributed by atoms with van der Waals surface area (Å²) in [5.74, 6) is 0.364. The van der Waals surface area contributed by atoms with E-state index in [0.29, 0.717) is 10.9 Å². The van der Waals surface area contributed by atoms with Crippen LogP contribution in [0.2, 0.25) is 0 Å². The molecule has 0 saturated carbocycles. The van der Waals surface area contributed by atoms with Crippen LogP contribution >= 0.6 is 23.1 Å². The minimum absolute atomic E-state index is 0.0216. The summed E-state index contributed by atoms with van der Waals surface area (Å²) in [6.45, 7) is 8.30. The van der Waals surface area contributed by atoms with Gasteiger partial charge in [0, 0.05) is 4.90 Å². The van der Waals surface area contributed by atoms with Crippen LogP contribution in [0.25, 0.3) is 10.2 Å². The standard InChI is InChI=1S/C19H20N2OS2/c1-11-7-14(4)18-16(8-11)24-19(21-18)20-17(22)10-23-15-6-5-12(2)13(3)9-15/h5-9H,10H2,1-4H3,(H,20,21,22). The van der Waals surface area contributed by atoms with Gasteiger partial charge >= 0.3 is 0 Å². The number of aryl methyl sites for hydroxylation is 4. The third-order valence-corrected chi connectivity index (χ3v) is 5.84. The molecule has 0 bridgehead atoms. The molecule has 0 aliphatic carbocycles. The molecule has 24 heavy (non-hydrogen) atoms. The molecule has 0 saturated heterocycles. The lowest BCUT2D eigenvalue weighted by atomic mass is 10.1. The maximum absolute atomic E-state index is 12.2. The summed E-state index contributed by atoms with van der Waals surface area (Å²) in [4.78, 5) is 17.9. The molecule has 3 aromatic rings. The minimum atomic E-state index is -0.0216.